The monoisotopic (exact) mass is 344 g/mol. The van der Waals surface area contributed by atoms with Crippen LogP contribution in [0.1, 0.15) is 68.1 Å². The molecule has 1 aliphatic carbocycles. The highest BCUT2D eigenvalue weighted by atomic mass is 14.9. The van der Waals surface area contributed by atoms with Crippen LogP contribution >= 0.6 is 0 Å². The maximum absolute atomic E-state index is 2.43. The summed E-state index contributed by atoms with van der Waals surface area (Å²) >= 11 is 0. The molecule has 1 saturated carbocycles. The van der Waals surface area contributed by atoms with E-state index in [4.69, 9.17) is 0 Å². The van der Waals surface area contributed by atoms with Crippen LogP contribution in [0.25, 0.3) is 22.2 Å². The highest BCUT2D eigenvalue weighted by Crippen LogP contribution is 2.36. The van der Waals surface area contributed by atoms with Gasteiger partial charge in [0, 0.05) is 23.1 Å². The van der Waals surface area contributed by atoms with Gasteiger partial charge >= 0.3 is 0 Å². The number of pyridine rings is 1. The van der Waals surface area contributed by atoms with Gasteiger partial charge in [-0.25, -0.2) is 0 Å². The Morgan fingerprint density at radius 2 is 1.73 bits per heavy atom. The number of benzene rings is 2. The molecule has 0 unspecified atom stereocenters. The molecule has 0 atom stereocenters. The van der Waals surface area contributed by atoms with Crippen LogP contribution in [0.2, 0.25) is 0 Å². The molecule has 0 saturated heterocycles. The fourth-order valence-corrected chi connectivity index (χ4v) is 4.71. The van der Waals surface area contributed by atoms with Crippen molar-refractivity contribution < 1.29 is 4.57 Å². The van der Waals surface area contributed by atoms with Crippen molar-refractivity contribution >= 4 is 10.9 Å². The van der Waals surface area contributed by atoms with Crippen LogP contribution in [0.3, 0.4) is 0 Å². The van der Waals surface area contributed by atoms with Gasteiger partial charge in [0.2, 0.25) is 11.2 Å². The Kier molecular flexibility index (Phi) is 4.56. The Morgan fingerprint density at radius 3 is 2.42 bits per heavy atom. The van der Waals surface area contributed by atoms with E-state index in [9.17, 15) is 0 Å². The maximum Gasteiger partial charge on any atom is 0.213 e. The second kappa shape index (κ2) is 6.87. The van der Waals surface area contributed by atoms with Gasteiger partial charge in [0.15, 0.2) is 0 Å². The summed E-state index contributed by atoms with van der Waals surface area (Å²) in [5.41, 5.74) is 8.32. The third-order valence-corrected chi connectivity index (χ3v) is 6.22. The van der Waals surface area contributed by atoms with E-state index in [1.165, 1.54) is 64.5 Å². The SMILES string of the molecule is Cc1cc(C2CCCC2)ccc1-c1ccc2c(C(C)C)cccc2[n+]1C. The summed E-state index contributed by atoms with van der Waals surface area (Å²) in [6.07, 6.45) is 5.51. The average Bonchev–Trinajstić information content (AvgIpc) is 3.17. The van der Waals surface area contributed by atoms with E-state index in [0.717, 1.165) is 5.92 Å². The summed E-state index contributed by atoms with van der Waals surface area (Å²) in [4.78, 5) is 0. The molecule has 134 valence electrons. The van der Waals surface area contributed by atoms with E-state index >= 15 is 0 Å². The summed E-state index contributed by atoms with van der Waals surface area (Å²) in [6, 6.07) is 18.4. The first-order valence-corrected chi connectivity index (χ1v) is 10.1. The molecule has 0 spiro atoms. The summed E-state index contributed by atoms with van der Waals surface area (Å²) in [6.45, 7) is 6.81. The van der Waals surface area contributed by atoms with Crippen LogP contribution in [0, 0.1) is 6.92 Å². The van der Waals surface area contributed by atoms with Gasteiger partial charge in [-0.3, -0.25) is 0 Å². The Bertz CT molecular complexity index is 946. The van der Waals surface area contributed by atoms with Crippen molar-refractivity contribution in [2.75, 3.05) is 0 Å². The van der Waals surface area contributed by atoms with Gasteiger partial charge in [-0.1, -0.05) is 51.0 Å². The summed E-state index contributed by atoms with van der Waals surface area (Å²) in [5, 5.41) is 1.37. The second-order valence-electron chi connectivity index (χ2n) is 8.27. The summed E-state index contributed by atoms with van der Waals surface area (Å²) in [5.74, 6) is 1.32. The van der Waals surface area contributed by atoms with Gasteiger partial charge in [-0.2, -0.15) is 4.57 Å². The largest absolute Gasteiger partial charge is 0.213 e. The van der Waals surface area contributed by atoms with Crippen molar-refractivity contribution in [1.82, 2.24) is 0 Å². The number of rotatable bonds is 3. The summed E-state index contributed by atoms with van der Waals surface area (Å²) < 4.78 is 2.36. The molecule has 26 heavy (non-hydrogen) atoms. The van der Waals surface area contributed by atoms with Gasteiger partial charge in [0.1, 0.15) is 7.05 Å². The highest BCUT2D eigenvalue weighted by Gasteiger charge is 2.21. The molecule has 0 radical (unpaired) electrons. The zero-order chi connectivity index (χ0) is 18.3. The van der Waals surface area contributed by atoms with Crippen LogP contribution in [0.4, 0.5) is 0 Å². The molecule has 1 aliphatic rings. The Hall–Kier alpha value is -2.15. The second-order valence-corrected chi connectivity index (χ2v) is 8.27. The fraction of sp³-hybridized carbons (Fsp3) is 0.400. The number of nitrogens with zero attached hydrogens (tertiary/aromatic N) is 1. The molecule has 3 aromatic rings. The van der Waals surface area contributed by atoms with E-state index in [1.807, 2.05) is 0 Å². The van der Waals surface area contributed by atoms with Crippen molar-refractivity contribution in [2.24, 2.45) is 7.05 Å². The smallest absolute Gasteiger partial charge is 0.194 e. The number of aromatic nitrogens is 1. The molecule has 0 aliphatic heterocycles. The van der Waals surface area contributed by atoms with Crippen molar-refractivity contribution in [3.8, 4) is 11.3 Å². The van der Waals surface area contributed by atoms with Gasteiger partial charge in [0.05, 0.1) is 0 Å². The van der Waals surface area contributed by atoms with Crippen molar-refractivity contribution in [3.63, 3.8) is 0 Å². The lowest BCUT2D eigenvalue weighted by atomic mass is 9.92. The molecule has 1 nitrogen and oxygen atoms in total. The molecule has 0 amide bonds. The minimum Gasteiger partial charge on any atom is -0.194 e. The van der Waals surface area contributed by atoms with E-state index in [-0.39, 0.29) is 0 Å². The molecule has 1 aromatic heterocycles. The van der Waals surface area contributed by atoms with Crippen LogP contribution < -0.4 is 4.57 Å². The van der Waals surface area contributed by atoms with Crippen LogP contribution in [0.5, 0.6) is 0 Å². The summed E-state index contributed by atoms with van der Waals surface area (Å²) in [7, 11) is 2.20. The maximum atomic E-state index is 2.43. The normalized spacial score (nSPS) is 15.3. The van der Waals surface area contributed by atoms with Gasteiger partial charge in [-0.15, -0.1) is 0 Å². The number of aryl methyl sites for hydroxylation is 2. The topological polar surface area (TPSA) is 3.88 Å². The third kappa shape index (κ3) is 2.94. The zero-order valence-corrected chi connectivity index (χ0v) is 16.5. The lowest BCUT2D eigenvalue weighted by Crippen LogP contribution is -2.32. The van der Waals surface area contributed by atoms with Gasteiger partial charge in [0.25, 0.3) is 0 Å². The van der Waals surface area contributed by atoms with Crippen molar-refractivity contribution in [1.29, 1.82) is 0 Å². The quantitative estimate of drug-likeness (QED) is 0.483. The zero-order valence-electron chi connectivity index (χ0n) is 16.5. The predicted octanol–water partition coefficient (Wildman–Crippen LogP) is 6.42. The molecular formula is C25H30N+. The van der Waals surface area contributed by atoms with E-state index in [0.29, 0.717) is 5.92 Å². The standard InChI is InChI=1S/C25H30N/c1-17(2)21-10-7-11-24-23(21)14-15-25(26(24)4)22-13-12-20(16-18(22)3)19-8-5-6-9-19/h7,10-17,19H,5-6,8-9H2,1-4H3/q+1. The van der Waals surface area contributed by atoms with E-state index in [2.05, 4.69) is 80.9 Å². The number of fused-ring (bicyclic) bond motifs is 1. The average molecular weight is 345 g/mol. The lowest BCUT2D eigenvalue weighted by Gasteiger charge is -2.14. The van der Waals surface area contributed by atoms with Crippen molar-refractivity contribution in [3.05, 3.63) is 65.2 Å². The predicted molar refractivity (Wildman–Crippen MR) is 111 cm³/mol. The lowest BCUT2D eigenvalue weighted by molar-refractivity contribution is -0.633. The first-order valence-electron chi connectivity index (χ1n) is 10.1. The van der Waals surface area contributed by atoms with Crippen LogP contribution in [-0.2, 0) is 7.05 Å². The minimum absolute atomic E-state index is 0.539. The fourth-order valence-electron chi connectivity index (χ4n) is 4.71. The van der Waals surface area contributed by atoms with Gasteiger partial charge < -0.3 is 0 Å². The van der Waals surface area contributed by atoms with Crippen LogP contribution in [0.15, 0.2) is 48.5 Å². The van der Waals surface area contributed by atoms with Crippen LogP contribution in [-0.4, -0.2) is 0 Å². The first kappa shape index (κ1) is 17.3. The Morgan fingerprint density at radius 1 is 0.962 bits per heavy atom. The molecule has 0 bridgehead atoms. The Labute approximate surface area is 157 Å². The molecular weight excluding hydrogens is 314 g/mol. The first-order chi connectivity index (χ1) is 12.6. The molecule has 1 heterocycles. The van der Waals surface area contributed by atoms with Crippen molar-refractivity contribution in [2.45, 2.75) is 58.3 Å². The number of hydrogen-bond acceptors (Lipinski definition) is 0. The highest BCUT2D eigenvalue weighted by molar-refractivity contribution is 5.82. The van der Waals surface area contributed by atoms with E-state index < -0.39 is 0 Å². The molecule has 1 fully saturated rings. The van der Waals surface area contributed by atoms with E-state index in [1.54, 1.807) is 0 Å². The Balaban J connectivity index is 1.80. The minimum atomic E-state index is 0.539. The molecule has 2 aromatic carbocycles. The molecule has 4 rings (SSSR count). The molecule has 1 heteroatoms. The third-order valence-electron chi connectivity index (χ3n) is 6.22. The molecule has 0 N–H and O–H groups in total. The van der Waals surface area contributed by atoms with Gasteiger partial charge in [-0.05, 0) is 60.4 Å². The number of hydrogen-bond donors (Lipinski definition) is 0.